The zero-order valence-corrected chi connectivity index (χ0v) is 13.0. The molecular weight excluding hydrogens is 312 g/mol. The van der Waals surface area contributed by atoms with Crippen LogP contribution >= 0.6 is 0 Å². The Morgan fingerprint density at radius 3 is 3.08 bits per heavy atom. The van der Waals surface area contributed by atoms with Crippen LogP contribution in [0.15, 0.2) is 41.3 Å². The van der Waals surface area contributed by atoms with Crippen LogP contribution in [0, 0.1) is 0 Å². The Labute approximate surface area is 137 Å². The van der Waals surface area contributed by atoms with Gasteiger partial charge in [-0.25, -0.2) is 0 Å². The molecule has 0 aliphatic heterocycles. The third kappa shape index (κ3) is 4.02. The van der Waals surface area contributed by atoms with Gasteiger partial charge in [0.1, 0.15) is 13.2 Å². The normalized spacial score (nSPS) is 10.7. The van der Waals surface area contributed by atoms with E-state index in [0.29, 0.717) is 11.6 Å². The molecule has 0 bridgehead atoms. The van der Waals surface area contributed by atoms with Gasteiger partial charge in [-0.2, -0.15) is 10.1 Å². The lowest BCUT2D eigenvalue weighted by Crippen LogP contribution is -2.18. The maximum atomic E-state index is 11.8. The number of nitrogens with one attached hydrogen (secondary N) is 1. The van der Waals surface area contributed by atoms with E-state index in [1.165, 1.54) is 0 Å². The monoisotopic (exact) mass is 328 g/mol. The highest BCUT2D eigenvalue weighted by molar-refractivity contribution is 5.90. The predicted octanol–water partition coefficient (Wildman–Crippen LogP) is 1.50. The van der Waals surface area contributed by atoms with Crippen LogP contribution < -0.4 is 5.32 Å². The molecule has 3 aromatic heterocycles. The van der Waals surface area contributed by atoms with Gasteiger partial charge in [-0.3, -0.25) is 14.5 Å². The summed E-state index contributed by atoms with van der Waals surface area (Å²) >= 11 is 0. The summed E-state index contributed by atoms with van der Waals surface area (Å²) in [4.78, 5) is 19.9. The van der Waals surface area contributed by atoms with Crippen LogP contribution in [0.3, 0.4) is 0 Å². The van der Waals surface area contributed by atoms with Gasteiger partial charge in [-0.15, -0.1) is 0 Å². The fraction of sp³-hybridized carbons (Fsp3) is 0.267. The van der Waals surface area contributed by atoms with Crippen molar-refractivity contribution in [1.29, 1.82) is 0 Å². The predicted molar refractivity (Wildman–Crippen MR) is 83.7 cm³/mol. The van der Waals surface area contributed by atoms with Crippen molar-refractivity contribution in [3.8, 4) is 11.4 Å². The number of aryl methyl sites for hydroxylation is 1. The standard InChI is InChI=1S/C15H16N6O3/c1-2-21-7-5-12(19-21)17-13(22)9-23-10-14-18-15(20-24-14)11-4-3-6-16-8-11/h3-8H,2,9-10H2,1H3,(H,17,19,22). The Morgan fingerprint density at radius 1 is 1.42 bits per heavy atom. The summed E-state index contributed by atoms with van der Waals surface area (Å²) in [6.45, 7) is 2.61. The Hall–Kier alpha value is -3.07. The van der Waals surface area contributed by atoms with Crippen LogP contribution in [0.2, 0.25) is 0 Å². The van der Waals surface area contributed by atoms with Gasteiger partial charge >= 0.3 is 0 Å². The molecule has 0 fully saturated rings. The minimum absolute atomic E-state index is 0.0457. The number of hydrogen-bond donors (Lipinski definition) is 1. The molecule has 0 saturated heterocycles. The number of amides is 1. The number of carbonyl (C=O) groups excluding carboxylic acids is 1. The second kappa shape index (κ2) is 7.47. The van der Waals surface area contributed by atoms with Crippen LogP contribution in [0.25, 0.3) is 11.4 Å². The molecule has 0 aliphatic rings. The highest BCUT2D eigenvalue weighted by Gasteiger charge is 2.10. The number of rotatable bonds is 7. The molecule has 0 spiro atoms. The van der Waals surface area contributed by atoms with Crippen molar-refractivity contribution in [1.82, 2.24) is 24.9 Å². The van der Waals surface area contributed by atoms with E-state index in [1.807, 2.05) is 13.0 Å². The van der Waals surface area contributed by atoms with Gasteiger partial charge < -0.3 is 14.6 Å². The number of nitrogens with zero attached hydrogens (tertiary/aromatic N) is 5. The minimum atomic E-state index is -0.302. The fourth-order valence-electron chi connectivity index (χ4n) is 1.94. The van der Waals surface area contributed by atoms with Crippen LogP contribution in [0.4, 0.5) is 5.82 Å². The molecular formula is C15H16N6O3. The molecule has 1 N–H and O–H groups in total. The summed E-state index contributed by atoms with van der Waals surface area (Å²) in [6, 6.07) is 5.33. The lowest BCUT2D eigenvalue weighted by molar-refractivity contribution is -0.121. The molecule has 24 heavy (non-hydrogen) atoms. The molecule has 1 amide bonds. The number of carbonyl (C=O) groups is 1. The summed E-state index contributed by atoms with van der Waals surface area (Å²) in [6.07, 6.45) is 5.09. The zero-order valence-electron chi connectivity index (χ0n) is 13.0. The van der Waals surface area contributed by atoms with Gasteiger partial charge in [0.2, 0.25) is 5.82 Å². The van der Waals surface area contributed by atoms with E-state index < -0.39 is 0 Å². The number of anilines is 1. The van der Waals surface area contributed by atoms with Crippen LogP contribution in [-0.2, 0) is 22.7 Å². The van der Waals surface area contributed by atoms with Gasteiger partial charge in [0.25, 0.3) is 11.8 Å². The zero-order chi connectivity index (χ0) is 16.8. The highest BCUT2D eigenvalue weighted by Crippen LogP contribution is 2.13. The first-order valence-electron chi connectivity index (χ1n) is 7.38. The van der Waals surface area contributed by atoms with Crippen molar-refractivity contribution < 1.29 is 14.1 Å². The van der Waals surface area contributed by atoms with E-state index in [4.69, 9.17) is 9.26 Å². The fourth-order valence-corrected chi connectivity index (χ4v) is 1.94. The molecule has 3 heterocycles. The first-order valence-corrected chi connectivity index (χ1v) is 7.38. The van der Waals surface area contributed by atoms with Crippen molar-refractivity contribution in [3.63, 3.8) is 0 Å². The lowest BCUT2D eigenvalue weighted by Gasteiger charge is -2.02. The molecule has 0 aromatic carbocycles. The number of hydrogen-bond acceptors (Lipinski definition) is 7. The molecule has 3 aromatic rings. The van der Waals surface area contributed by atoms with Gasteiger partial charge in [0, 0.05) is 36.8 Å². The molecule has 0 aliphatic carbocycles. The van der Waals surface area contributed by atoms with Gasteiger partial charge in [-0.05, 0) is 19.1 Å². The quantitative estimate of drug-likeness (QED) is 0.700. The Kier molecular flexibility index (Phi) is 4.92. The summed E-state index contributed by atoms with van der Waals surface area (Å²) in [5, 5.41) is 10.6. The second-order valence-corrected chi connectivity index (χ2v) is 4.85. The van der Waals surface area contributed by atoms with Gasteiger partial charge in [0.05, 0.1) is 0 Å². The van der Waals surface area contributed by atoms with E-state index in [1.54, 1.807) is 35.4 Å². The summed E-state index contributed by atoms with van der Waals surface area (Å²) < 4.78 is 12.1. The van der Waals surface area contributed by atoms with Crippen molar-refractivity contribution in [3.05, 3.63) is 42.7 Å². The molecule has 0 atom stereocenters. The van der Waals surface area contributed by atoms with E-state index in [9.17, 15) is 4.79 Å². The Balaban J connectivity index is 1.46. The Morgan fingerprint density at radius 2 is 2.33 bits per heavy atom. The molecule has 9 nitrogen and oxygen atoms in total. The van der Waals surface area contributed by atoms with Gasteiger partial charge in [-0.1, -0.05) is 5.16 Å². The third-order valence-electron chi connectivity index (χ3n) is 3.08. The third-order valence-corrected chi connectivity index (χ3v) is 3.08. The Bertz CT molecular complexity index is 798. The number of pyridine rings is 1. The van der Waals surface area contributed by atoms with Crippen LogP contribution in [-0.4, -0.2) is 37.4 Å². The van der Waals surface area contributed by atoms with Crippen molar-refractivity contribution in [2.75, 3.05) is 11.9 Å². The first kappa shape index (κ1) is 15.8. The topological polar surface area (TPSA) is 108 Å². The average molecular weight is 328 g/mol. The summed E-state index contributed by atoms with van der Waals surface area (Å²) in [5.74, 6) is 0.902. The van der Waals surface area contributed by atoms with Crippen LogP contribution in [0.5, 0.6) is 0 Å². The maximum absolute atomic E-state index is 11.8. The van der Waals surface area contributed by atoms with E-state index in [-0.39, 0.29) is 25.0 Å². The maximum Gasteiger partial charge on any atom is 0.252 e. The first-order chi connectivity index (χ1) is 11.7. The average Bonchev–Trinajstić information content (AvgIpc) is 3.25. The summed E-state index contributed by atoms with van der Waals surface area (Å²) in [7, 11) is 0. The molecule has 0 saturated carbocycles. The van der Waals surface area contributed by atoms with Crippen molar-refractivity contribution in [2.45, 2.75) is 20.1 Å². The molecule has 3 rings (SSSR count). The van der Waals surface area contributed by atoms with E-state index >= 15 is 0 Å². The lowest BCUT2D eigenvalue weighted by atomic mass is 10.3. The summed E-state index contributed by atoms with van der Waals surface area (Å²) in [5.41, 5.74) is 0.747. The van der Waals surface area contributed by atoms with Crippen LogP contribution in [0.1, 0.15) is 12.8 Å². The van der Waals surface area contributed by atoms with E-state index in [2.05, 4.69) is 25.5 Å². The SMILES string of the molecule is CCn1ccc(NC(=O)COCc2nc(-c3cccnc3)no2)n1. The van der Waals surface area contributed by atoms with Crippen molar-refractivity contribution in [2.24, 2.45) is 0 Å². The smallest absolute Gasteiger partial charge is 0.252 e. The molecule has 124 valence electrons. The second-order valence-electron chi connectivity index (χ2n) is 4.85. The van der Waals surface area contributed by atoms with Crippen molar-refractivity contribution >= 4 is 11.7 Å². The molecule has 0 unspecified atom stereocenters. The van der Waals surface area contributed by atoms with E-state index in [0.717, 1.165) is 12.1 Å². The number of ether oxygens (including phenoxy) is 1. The van der Waals surface area contributed by atoms with Gasteiger partial charge in [0.15, 0.2) is 5.82 Å². The number of aromatic nitrogens is 5. The highest BCUT2D eigenvalue weighted by atomic mass is 16.5. The molecule has 9 heteroatoms. The largest absolute Gasteiger partial charge is 0.362 e. The molecule has 0 radical (unpaired) electrons. The minimum Gasteiger partial charge on any atom is -0.362 e.